The van der Waals surface area contributed by atoms with Crippen LogP contribution < -0.4 is 4.74 Å². The summed E-state index contributed by atoms with van der Waals surface area (Å²) in [6.07, 6.45) is 3.06. The van der Waals surface area contributed by atoms with Crippen LogP contribution in [0.4, 0.5) is 0 Å². The molecule has 2 heterocycles. The largest absolute Gasteiger partial charge is 0.457 e. The third-order valence-corrected chi connectivity index (χ3v) is 5.74. The SMILES string of the molecule is C=CC(=O)N1CCC(c2ccc(CN=O)c(-c3ccc(Oc4ccccc4)cc3)n2)CC1. The Bertz CT molecular complexity index is 1090. The first-order chi connectivity index (χ1) is 15.7. The first-order valence-corrected chi connectivity index (χ1v) is 10.7. The number of nitrogens with zero attached hydrogens (tertiary/aromatic N) is 3. The number of para-hydroxylation sites is 1. The van der Waals surface area contributed by atoms with Crippen LogP contribution in [0.2, 0.25) is 0 Å². The van der Waals surface area contributed by atoms with Gasteiger partial charge in [-0.2, -0.15) is 4.91 Å². The molecular weight excluding hydrogens is 402 g/mol. The van der Waals surface area contributed by atoms with Crippen molar-refractivity contribution in [3.05, 3.63) is 95.5 Å². The van der Waals surface area contributed by atoms with E-state index in [0.717, 1.165) is 46.9 Å². The molecule has 0 atom stereocenters. The quantitative estimate of drug-likeness (QED) is 0.358. The Balaban J connectivity index is 1.55. The van der Waals surface area contributed by atoms with Crippen molar-refractivity contribution in [3.63, 3.8) is 0 Å². The number of aromatic nitrogens is 1. The van der Waals surface area contributed by atoms with Crippen molar-refractivity contribution in [2.24, 2.45) is 5.18 Å². The molecule has 1 aliphatic rings. The number of amides is 1. The van der Waals surface area contributed by atoms with Gasteiger partial charge in [0.05, 0.1) is 5.69 Å². The molecule has 1 saturated heterocycles. The highest BCUT2D eigenvalue weighted by Gasteiger charge is 2.24. The van der Waals surface area contributed by atoms with Crippen LogP contribution in [-0.2, 0) is 11.3 Å². The molecule has 0 aliphatic carbocycles. The number of hydrogen-bond acceptors (Lipinski definition) is 5. The predicted molar refractivity (Wildman–Crippen MR) is 124 cm³/mol. The average molecular weight is 428 g/mol. The molecule has 1 aromatic heterocycles. The summed E-state index contributed by atoms with van der Waals surface area (Å²) in [6.45, 7) is 5.01. The van der Waals surface area contributed by atoms with Gasteiger partial charge in [0, 0.05) is 35.8 Å². The summed E-state index contributed by atoms with van der Waals surface area (Å²) in [5, 5.41) is 3.08. The molecule has 0 unspecified atom stereocenters. The zero-order valence-electron chi connectivity index (χ0n) is 17.8. The molecule has 0 bridgehead atoms. The van der Waals surface area contributed by atoms with E-state index in [-0.39, 0.29) is 18.4 Å². The highest BCUT2D eigenvalue weighted by molar-refractivity contribution is 5.87. The number of nitroso groups, excluding NO2 is 1. The fraction of sp³-hybridized carbons (Fsp3) is 0.231. The Hall–Kier alpha value is -3.80. The third kappa shape index (κ3) is 4.91. The van der Waals surface area contributed by atoms with Crippen molar-refractivity contribution in [1.82, 2.24) is 9.88 Å². The van der Waals surface area contributed by atoms with Gasteiger partial charge in [-0.05, 0) is 61.4 Å². The van der Waals surface area contributed by atoms with Crippen molar-refractivity contribution in [1.29, 1.82) is 0 Å². The fourth-order valence-electron chi connectivity index (χ4n) is 4.01. The number of benzene rings is 2. The second-order valence-corrected chi connectivity index (χ2v) is 7.77. The van der Waals surface area contributed by atoms with Crippen LogP contribution in [0, 0.1) is 4.91 Å². The Kier molecular flexibility index (Phi) is 6.70. The molecule has 32 heavy (non-hydrogen) atoms. The molecule has 1 fully saturated rings. The van der Waals surface area contributed by atoms with E-state index in [9.17, 15) is 9.70 Å². The summed E-state index contributed by atoms with van der Waals surface area (Å²) in [4.78, 5) is 29.6. The second kappa shape index (κ2) is 10.0. The maximum absolute atomic E-state index is 11.9. The van der Waals surface area contributed by atoms with Crippen LogP contribution in [0.15, 0.2) is 84.6 Å². The summed E-state index contributed by atoms with van der Waals surface area (Å²) in [6, 6.07) is 21.2. The lowest BCUT2D eigenvalue weighted by Crippen LogP contribution is -2.36. The van der Waals surface area contributed by atoms with Gasteiger partial charge in [0.2, 0.25) is 5.91 Å². The zero-order chi connectivity index (χ0) is 22.3. The Labute approximate surface area is 187 Å². The van der Waals surface area contributed by atoms with Crippen molar-refractivity contribution in [2.75, 3.05) is 13.1 Å². The molecule has 0 spiro atoms. The van der Waals surface area contributed by atoms with Gasteiger partial charge in [-0.1, -0.05) is 36.0 Å². The van der Waals surface area contributed by atoms with Crippen molar-refractivity contribution >= 4 is 5.91 Å². The maximum Gasteiger partial charge on any atom is 0.245 e. The molecule has 0 saturated carbocycles. The highest BCUT2D eigenvalue weighted by Crippen LogP contribution is 2.32. The molecule has 3 aromatic rings. The molecule has 6 nitrogen and oxygen atoms in total. The van der Waals surface area contributed by atoms with Gasteiger partial charge in [0.1, 0.15) is 18.0 Å². The van der Waals surface area contributed by atoms with Crippen LogP contribution in [0.3, 0.4) is 0 Å². The molecule has 6 heteroatoms. The first kappa shape index (κ1) is 21.4. The van der Waals surface area contributed by atoms with Crippen molar-refractivity contribution < 1.29 is 9.53 Å². The van der Waals surface area contributed by atoms with Crippen molar-refractivity contribution in [2.45, 2.75) is 25.3 Å². The summed E-state index contributed by atoms with van der Waals surface area (Å²) in [7, 11) is 0. The number of hydrogen-bond donors (Lipinski definition) is 0. The van der Waals surface area contributed by atoms with Gasteiger partial charge in [-0.3, -0.25) is 9.78 Å². The number of piperidine rings is 1. The summed E-state index contributed by atoms with van der Waals surface area (Å²) >= 11 is 0. The molecule has 1 amide bonds. The minimum absolute atomic E-state index is 0.0256. The smallest absolute Gasteiger partial charge is 0.245 e. The normalized spacial score (nSPS) is 14.1. The summed E-state index contributed by atoms with van der Waals surface area (Å²) in [5.74, 6) is 1.74. The number of carbonyl (C=O) groups is 1. The number of ether oxygens (including phenoxy) is 1. The molecule has 4 rings (SSSR count). The third-order valence-electron chi connectivity index (χ3n) is 5.74. The van der Waals surface area contributed by atoms with E-state index in [1.54, 1.807) is 0 Å². The van der Waals surface area contributed by atoms with Gasteiger partial charge in [0.25, 0.3) is 0 Å². The summed E-state index contributed by atoms with van der Waals surface area (Å²) < 4.78 is 5.88. The Morgan fingerprint density at radius 2 is 1.72 bits per heavy atom. The van der Waals surface area contributed by atoms with E-state index in [1.807, 2.05) is 71.6 Å². The van der Waals surface area contributed by atoms with E-state index >= 15 is 0 Å². The van der Waals surface area contributed by atoms with E-state index in [2.05, 4.69) is 11.8 Å². The lowest BCUT2D eigenvalue weighted by atomic mass is 9.92. The number of rotatable bonds is 7. The number of carbonyl (C=O) groups excluding carboxylic acids is 1. The van der Waals surface area contributed by atoms with Gasteiger partial charge in [-0.25, -0.2) is 0 Å². The van der Waals surface area contributed by atoms with Gasteiger partial charge >= 0.3 is 0 Å². The van der Waals surface area contributed by atoms with Crippen molar-refractivity contribution in [3.8, 4) is 22.8 Å². The fourth-order valence-corrected chi connectivity index (χ4v) is 4.01. The van der Waals surface area contributed by atoms with Gasteiger partial charge in [-0.15, -0.1) is 0 Å². The standard InChI is InChI=1S/C26H25N3O3/c1-2-25(30)29-16-14-19(15-17-29)24-13-10-21(18-27-31)26(28-24)20-8-11-23(12-9-20)32-22-6-4-3-5-7-22/h2-13,19H,1,14-18H2. The topological polar surface area (TPSA) is 71.9 Å². The van der Waals surface area contributed by atoms with Crippen LogP contribution in [-0.4, -0.2) is 28.9 Å². The predicted octanol–water partition coefficient (Wildman–Crippen LogP) is 5.70. The summed E-state index contributed by atoms with van der Waals surface area (Å²) in [5.41, 5.74) is 3.44. The lowest BCUT2D eigenvalue weighted by Gasteiger charge is -2.31. The van der Waals surface area contributed by atoms with Crippen LogP contribution >= 0.6 is 0 Å². The van der Waals surface area contributed by atoms with Gasteiger partial charge < -0.3 is 9.64 Å². The van der Waals surface area contributed by atoms with Gasteiger partial charge in [0.15, 0.2) is 0 Å². The van der Waals surface area contributed by atoms with Crippen LogP contribution in [0.25, 0.3) is 11.3 Å². The maximum atomic E-state index is 11.9. The van der Waals surface area contributed by atoms with Crippen LogP contribution in [0.5, 0.6) is 11.5 Å². The van der Waals surface area contributed by atoms with E-state index < -0.39 is 0 Å². The Morgan fingerprint density at radius 3 is 2.38 bits per heavy atom. The molecule has 162 valence electrons. The van der Waals surface area contributed by atoms with Crippen LogP contribution in [0.1, 0.15) is 30.0 Å². The van der Waals surface area contributed by atoms with E-state index in [0.29, 0.717) is 13.1 Å². The second-order valence-electron chi connectivity index (χ2n) is 7.77. The minimum Gasteiger partial charge on any atom is -0.457 e. The van der Waals surface area contributed by atoms with E-state index in [4.69, 9.17) is 9.72 Å². The van der Waals surface area contributed by atoms with E-state index in [1.165, 1.54) is 6.08 Å². The molecule has 2 aromatic carbocycles. The molecule has 0 N–H and O–H groups in total. The monoisotopic (exact) mass is 427 g/mol. The molecule has 0 radical (unpaired) electrons. The zero-order valence-corrected chi connectivity index (χ0v) is 17.8. The lowest BCUT2D eigenvalue weighted by molar-refractivity contribution is -0.127. The average Bonchev–Trinajstić information content (AvgIpc) is 2.85. The number of pyridine rings is 1. The minimum atomic E-state index is -0.0256. The Morgan fingerprint density at radius 1 is 1.03 bits per heavy atom. The molecular formula is C26H25N3O3. The highest BCUT2D eigenvalue weighted by atomic mass is 16.5. The number of likely N-dealkylation sites (tertiary alicyclic amines) is 1. The first-order valence-electron chi connectivity index (χ1n) is 10.7. The molecule has 1 aliphatic heterocycles.